The topological polar surface area (TPSA) is 43.4 Å². The van der Waals surface area contributed by atoms with Crippen molar-refractivity contribution in [3.05, 3.63) is 53.5 Å². The molecule has 1 aliphatic heterocycles. The van der Waals surface area contributed by atoms with E-state index in [-0.39, 0.29) is 5.41 Å². The Morgan fingerprint density at radius 1 is 0.857 bits per heavy atom. The van der Waals surface area contributed by atoms with Gasteiger partial charge in [0.2, 0.25) is 0 Å². The monoisotopic (exact) mass is 394 g/mol. The number of piperidine rings is 1. The van der Waals surface area contributed by atoms with Crippen LogP contribution >= 0.6 is 11.3 Å². The highest BCUT2D eigenvalue weighted by molar-refractivity contribution is 7.15. The second-order valence-corrected chi connectivity index (χ2v) is 8.46. The number of rotatable bonds is 5. The minimum absolute atomic E-state index is 0.127. The summed E-state index contributed by atoms with van der Waals surface area (Å²) >= 11 is 1.83. The van der Waals surface area contributed by atoms with Crippen LogP contribution in [0.25, 0.3) is 21.7 Å². The predicted molar refractivity (Wildman–Crippen MR) is 116 cm³/mol. The third-order valence-electron chi connectivity index (χ3n) is 5.57. The van der Waals surface area contributed by atoms with E-state index in [4.69, 9.17) is 14.5 Å². The van der Waals surface area contributed by atoms with Gasteiger partial charge in [0.25, 0.3) is 0 Å². The summed E-state index contributed by atoms with van der Waals surface area (Å²) in [4.78, 5) is 6.38. The van der Waals surface area contributed by atoms with Crippen molar-refractivity contribution in [2.75, 3.05) is 27.3 Å². The van der Waals surface area contributed by atoms with Gasteiger partial charge < -0.3 is 14.8 Å². The first-order valence-corrected chi connectivity index (χ1v) is 10.5. The minimum Gasteiger partial charge on any atom is -0.497 e. The fraction of sp³-hybridized carbons (Fsp3) is 0.348. The number of hydrogen-bond donors (Lipinski definition) is 1. The van der Waals surface area contributed by atoms with Gasteiger partial charge in [0.05, 0.1) is 29.8 Å². The molecule has 1 saturated heterocycles. The Morgan fingerprint density at radius 3 is 1.93 bits per heavy atom. The molecule has 0 amide bonds. The molecule has 0 radical (unpaired) electrons. The fourth-order valence-corrected chi connectivity index (χ4v) is 4.95. The van der Waals surface area contributed by atoms with Gasteiger partial charge in [0.1, 0.15) is 11.5 Å². The summed E-state index contributed by atoms with van der Waals surface area (Å²) in [5.74, 6) is 1.72. The Balaban J connectivity index is 1.81. The number of ether oxygens (including phenoxy) is 2. The van der Waals surface area contributed by atoms with E-state index >= 15 is 0 Å². The summed E-state index contributed by atoms with van der Waals surface area (Å²) < 4.78 is 10.7. The maximum Gasteiger partial charge on any atom is 0.118 e. The zero-order valence-electron chi connectivity index (χ0n) is 16.6. The first kappa shape index (κ1) is 19.0. The molecular formula is C23H26N2O2S. The number of hydrogen-bond acceptors (Lipinski definition) is 5. The highest BCUT2D eigenvalue weighted by atomic mass is 32.1. The molecular weight excluding hydrogens is 368 g/mol. The molecule has 3 aromatic rings. The third kappa shape index (κ3) is 3.64. The van der Waals surface area contributed by atoms with Crippen LogP contribution < -0.4 is 14.8 Å². The zero-order chi connectivity index (χ0) is 19.6. The van der Waals surface area contributed by atoms with Crippen molar-refractivity contribution in [1.82, 2.24) is 10.3 Å². The molecule has 5 heteroatoms. The van der Waals surface area contributed by atoms with Crippen molar-refractivity contribution in [2.24, 2.45) is 0 Å². The van der Waals surface area contributed by atoms with Crippen LogP contribution in [0.1, 0.15) is 24.8 Å². The molecule has 28 heavy (non-hydrogen) atoms. The van der Waals surface area contributed by atoms with Crippen LogP contribution in [0, 0.1) is 0 Å². The average molecular weight is 395 g/mol. The van der Waals surface area contributed by atoms with E-state index in [1.807, 2.05) is 35.6 Å². The van der Waals surface area contributed by atoms with Crippen molar-refractivity contribution in [3.8, 4) is 33.2 Å². The number of methoxy groups -OCH3 is 2. The molecule has 1 aromatic heterocycles. The molecule has 0 atom stereocenters. The number of aromatic nitrogens is 1. The zero-order valence-corrected chi connectivity index (χ0v) is 17.4. The standard InChI is InChI=1S/C23H26N2O2S/c1-23(12-14-24-15-13-23)22-25-20(16-4-8-18(26-2)9-5-16)21(28-22)17-6-10-19(27-3)11-7-17/h4-11,24H,12-15H2,1-3H3. The lowest BCUT2D eigenvalue weighted by molar-refractivity contribution is 0.334. The van der Waals surface area contributed by atoms with Gasteiger partial charge in [0.15, 0.2) is 0 Å². The van der Waals surface area contributed by atoms with E-state index in [0.29, 0.717) is 0 Å². The van der Waals surface area contributed by atoms with E-state index in [0.717, 1.165) is 48.7 Å². The van der Waals surface area contributed by atoms with Crippen LogP contribution in [0.3, 0.4) is 0 Å². The van der Waals surface area contributed by atoms with Crippen LogP contribution in [0.5, 0.6) is 11.5 Å². The smallest absolute Gasteiger partial charge is 0.118 e. The van der Waals surface area contributed by atoms with E-state index in [9.17, 15) is 0 Å². The largest absolute Gasteiger partial charge is 0.497 e. The SMILES string of the molecule is COc1ccc(-c2nc(C3(C)CCNCC3)sc2-c2ccc(OC)cc2)cc1. The minimum atomic E-state index is 0.127. The van der Waals surface area contributed by atoms with Crippen LogP contribution in [0.15, 0.2) is 48.5 Å². The third-order valence-corrected chi connectivity index (χ3v) is 6.98. The molecule has 4 rings (SSSR count). The summed E-state index contributed by atoms with van der Waals surface area (Å²) in [6.07, 6.45) is 2.23. The Bertz CT molecular complexity index is 861. The molecule has 0 aliphatic carbocycles. The quantitative estimate of drug-likeness (QED) is 0.651. The van der Waals surface area contributed by atoms with Crippen molar-refractivity contribution < 1.29 is 9.47 Å². The maximum atomic E-state index is 5.33. The maximum absolute atomic E-state index is 5.33. The summed E-state index contributed by atoms with van der Waals surface area (Å²) in [6, 6.07) is 16.4. The van der Waals surface area contributed by atoms with Crippen molar-refractivity contribution in [3.63, 3.8) is 0 Å². The number of benzene rings is 2. The molecule has 1 aliphatic rings. The molecule has 2 heterocycles. The number of nitrogens with one attached hydrogen (secondary N) is 1. The lowest BCUT2D eigenvalue weighted by Gasteiger charge is -2.32. The first-order chi connectivity index (χ1) is 13.6. The Morgan fingerprint density at radius 2 is 1.39 bits per heavy atom. The van der Waals surface area contributed by atoms with Gasteiger partial charge in [-0.15, -0.1) is 11.3 Å². The molecule has 4 nitrogen and oxygen atoms in total. The molecule has 2 aromatic carbocycles. The van der Waals surface area contributed by atoms with Crippen molar-refractivity contribution in [2.45, 2.75) is 25.2 Å². The highest BCUT2D eigenvalue weighted by Crippen LogP contribution is 2.44. The van der Waals surface area contributed by atoms with Crippen molar-refractivity contribution >= 4 is 11.3 Å². The molecule has 1 N–H and O–H groups in total. The fourth-order valence-electron chi connectivity index (χ4n) is 3.65. The van der Waals surface area contributed by atoms with E-state index in [1.165, 1.54) is 15.4 Å². The van der Waals surface area contributed by atoms with Gasteiger partial charge in [-0.1, -0.05) is 6.92 Å². The van der Waals surface area contributed by atoms with Gasteiger partial charge >= 0.3 is 0 Å². The van der Waals surface area contributed by atoms with Crippen molar-refractivity contribution in [1.29, 1.82) is 0 Å². The number of thiazole rings is 1. The molecule has 146 valence electrons. The van der Waals surface area contributed by atoms with Crippen LogP contribution in [-0.4, -0.2) is 32.3 Å². The lowest BCUT2D eigenvalue weighted by Crippen LogP contribution is -2.37. The van der Waals surface area contributed by atoms with Crippen LogP contribution in [0.2, 0.25) is 0 Å². The molecule has 1 fully saturated rings. The summed E-state index contributed by atoms with van der Waals surface area (Å²) in [6.45, 7) is 4.44. The first-order valence-electron chi connectivity index (χ1n) is 9.64. The van der Waals surface area contributed by atoms with Crippen LogP contribution in [-0.2, 0) is 5.41 Å². The molecule has 0 bridgehead atoms. The van der Waals surface area contributed by atoms with Gasteiger partial charge in [-0.05, 0) is 80.0 Å². The lowest BCUT2D eigenvalue weighted by atomic mass is 9.82. The van der Waals surface area contributed by atoms with Gasteiger partial charge in [-0.3, -0.25) is 0 Å². The van der Waals surface area contributed by atoms with E-state index in [2.05, 4.69) is 36.5 Å². The Hall–Kier alpha value is -2.37. The summed E-state index contributed by atoms with van der Waals surface area (Å²) in [5.41, 5.74) is 3.47. The predicted octanol–water partition coefficient (Wildman–Crippen LogP) is 5.14. The van der Waals surface area contributed by atoms with Gasteiger partial charge in [0, 0.05) is 11.0 Å². The Labute approximate surface area is 170 Å². The molecule has 0 unspecified atom stereocenters. The summed E-state index contributed by atoms with van der Waals surface area (Å²) in [7, 11) is 3.39. The highest BCUT2D eigenvalue weighted by Gasteiger charge is 2.33. The molecule has 0 spiro atoms. The second kappa shape index (κ2) is 7.94. The normalized spacial score (nSPS) is 16.0. The second-order valence-electron chi connectivity index (χ2n) is 7.46. The Kier molecular flexibility index (Phi) is 5.38. The van der Waals surface area contributed by atoms with E-state index < -0.39 is 0 Å². The molecule has 0 saturated carbocycles. The van der Waals surface area contributed by atoms with Gasteiger partial charge in [-0.2, -0.15) is 0 Å². The van der Waals surface area contributed by atoms with Crippen LogP contribution in [0.4, 0.5) is 0 Å². The van der Waals surface area contributed by atoms with Gasteiger partial charge in [-0.25, -0.2) is 4.98 Å². The average Bonchev–Trinajstić information content (AvgIpc) is 3.21. The number of nitrogens with zero attached hydrogens (tertiary/aromatic N) is 1. The summed E-state index contributed by atoms with van der Waals surface area (Å²) in [5, 5.41) is 4.70. The van der Waals surface area contributed by atoms with E-state index in [1.54, 1.807) is 14.2 Å².